The van der Waals surface area contributed by atoms with Gasteiger partial charge in [-0.2, -0.15) is 0 Å². The van der Waals surface area contributed by atoms with Crippen LogP contribution >= 0.6 is 0 Å². The van der Waals surface area contributed by atoms with Crippen LogP contribution in [0, 0.1) is 6.92 Å². The van der Waals surface area contributed by atoms with Gasteiger partial charge in [0.25, 0.3) is 0 Å². The van der Waals surface area contributed by atoms with Gasteiger partial charge in [0.1, 0.15) is 5.75 Å². The van der Waals surface area contributed by atoms with Crippen molar-refractivity contribution in [1.29, 1.82) is 0 Å². The number of benzene rings is 1. The second kappa shape index (κ2) is 5.69. The van der Waals surface area contributed by atoms with E-state index in [1.54, 1.807) is 0 Å². The van der Waals surface area contributed by atoms with Gasteiger partial charge in [-0.3, -0.25) is 0 Å². The van der Waals surface area contributed by atoms with Gasteiger partial charge in [0.15, 0.2) is 0 Å². The third-order valence-electron chi connectivity index (χ3n) is 3.12. The lowest BCUT2D eigenvalue weighted by Crippen LogP contribution is -2.33. The van der Waals surface area contributed by atoms with Crippen molar-refractivity contribution in [3.05, 3.63) is 28.8 Å². The summed E-state index contributed by atoms with van der Waals surface area (Å²) in [6.07, 6.45) is -0.0421. The van der Waals surface area contributed by atoms with Crippen LogP contribution in [0.3, 0.4) is 0 Å². The summed E-state index contributed by atoms with van der Waals surface area (Å²) < 4.78 is 5.72. The van der Waals surface area contributed by atoms with Crippen LogP contribution in [-0.4, -0.2) is 43.8 Å². The molecule has 4 nitrogen and oxygen atoms in total. The predicted octanol–water partition coefficient (Wildman–Crippen LogP) is 1.42. The molecule has 0 aliphatic carbocycles. The molecule has 1 fully saturated rings. The number of ether oxygens (including phenoxy) is 1. The fraction of sp³-hybridized carbons (Fsp3) is 0.571. The molecule has 1 aliphatic heterocycles. The monoisotopic (exact) mass is 250 g/mol. The molecule has 1 aromatic rings. The van der Waals surface area contributed by atoms with Gasteiger partial charge >= 0.3 is 0 Å². The van der Waals surface area contributed by atoms with E-state index in [0.717, 1.165) is 36.3 Å². The van der Waals surface area contributed by atoms with E-state index in [4.69, 9.17) is 4.74 Å². The summed E-state index contributed by atoms with van der Waals surface area (Å²) in [5.74, 6) is 0.378. The van der Waals surface area contributed by atoms with Crippen molar-refractivity contribution in [2.24, 2.45) is 0 Å². The van der Waals surface area contributed by atoms with Crippen LogP contribution < -0.4 is 5.32 Å². The van der Waals surface area contributed by atoms with Gasteiger partial charge in [0, 0.05) is 30.8 Å². The van der Waals surface area contributed by atoms with Crippen LogP contribution in [0.15, 0.2) is 12.1 Å². The van der Waals surface area contributed by atoms with E-state index >= 15 is 0 Å². The summed E-state index contributed by atoms with van der Waals surface area (Å²) >= 11 is 0. The molecule has 0 radical (unpaired) electrons. The number of aromatic hydroxyl groups is 1. The Morgan fingerprint density at radius 1 is 1.44 bits per heavy atom. The average molecular weight is 250 g/mol. The molecule has 1 aliphatic rings. The maximum absolute atomic E-state index is 10.4. The zero-order valence-electron chi connectivity index (χ0n) is 11.4. The lowest BCUT2D eigenvalue weighted by atomic mass is 9.99. The molecule has 100 valence electrons. The molecule has 1 unspecified atom stereocenters. The Morgan fingerprint density at radius 3 is 2.83 bits per heavy atom. The van der Waals surface area contributed by atoms with Gasteiger partial charge in [-0.25, -0.2) is 0 Å². The Balaban J connectivity index is 2.31. The lowest BCUT2D eigenvalue weighted by Gasteiger charge is -2.26. The van der Waals surface area contributed by atoms with E-state index in [0.29, 0.717) is 12.4 Å². The molecule has 0 saturated carbocycles. The average Bonchev–Trinajstić information content (AvgIpc) is 2.34. The number of rotatable bonds is 3. The molecular weight excluding hydrogens is 228 g/mol. The predicted molar refractivity (Wildman–Crippen MR) is 71.8 cm³/mol. The molecule has 1 saturated heterocycles. The molecule has 1 heterocycles. The second-order valence-electron chi connectivity index (χ2n) is 5.16. The van der Waals surface area contributed by atoms with Gasteiger partial charge in [-0.15, -0.1) is 0 Å². The summed E-state index contributed by atoms with van der Waals surface area (Å²) in [7, 11) is 4.00. The quantitative estimate of drug-likeness (QED) is 0.851. The topological polar surface area (TPSA) is 44.7 Å². The number of hydrogen-bond donors (Lipinski definition) is 2. The Morgan fingerprint density at radius 2 is 2.22 bits per heavy atom. The van der Waals surface area contributed by atoms with Gasteiger partial charge in [0.05, 0.1) is 12.7 Å². The van der Waals surface area contributed by atoms with Crippen molar-refractivity contribution in [3.63, 3.8) is 0 Å². The Labute approximate surface area is 109 Å². The number of nitrogens with zero attached hydrogens (tertiary/aromatic N) is 1. The first-order valence-corrected chi connectivity index (χ1v) is 6.37. The van der Waals surface area contributed by atoms with Crippen LogP contribution in [0.4, 0.5) is 0 Å². The van der Waals surface area contributed by atoms with Gasteiger partial charge in [0.2, 0.25) is 0 Å². The highest BCUT2D eigenvalue weighted by Gasteiger charge is 2.21. The van der Waals surface area contributed by atoms with E-state index in [1.807, 2.05) is 26.2 Å². The largest absolute Gasteiger partial charge is 0.507 e. The number of phenols is 1. The molecule has 0 bridgehead atoms. The van der Waals surface area contributed by atoms with E-state index in [2.05, 4.69) is 17.1 Å². The van der Waals surface area contributed by atoms with Crippen LogP contribution in [0.25, 0.3) is 0 Å². The van der Waals surface area contributed by atoms with Crippen molar-refractivity contribution in [2.75, 3.05) is 33.8 Å². The van der Waals surface area contributed by atoms with Crippen molar-refractivity contribution in [3.8, 4) is 5.75 Å². The molecular formula is C14H22N2O2. The highest BCUT2D eigenvalue weighted by molar-refractivity contribution is 5.45. The smallest absolute Gasteiger partial charge is 0.125 e. The summed E-state index contributed by atoms with van der Waals surface area (Å²) in [5.41, 5.74) is 3.03. The van der Waals surface area contributed by atoms with E-state index in [1.165, 1.54) is 0 Å². The summed E-state index contributed by atoms with van der Waals surface area (Å²) in [6, 6.07) is 4.06. The summed E-state index contributed by atoms with van der Waals surface area (Å²) in [6.45, 7) is 5.13. The standard InChI is InChI=1S/C14H22N2O2/c1-10-6-11(9-16(2)3)14(17)12(7-10)13-8-15-4-5-18-13/h6-7,13,15,17H,4-5,8-9H2,1-3H3. The second-order valence-corrected chi connectivity index (χ2v) is 5.16. The zero-order chi connectivity index (χ0) is 13.1. The lowest BCUT2D eigenvalue weighted by molar-refractivity contribution is 0.0261. The SMILES string of the molecule is Cc1cc(CN(C)C)c(O)c(C2CNCCO2)c1. The molecule has 0 aromatic heterocycles. The first-order valence-electron chi connectivity index (χ1n) is 6.37. The normalized spacial score (nSPS) is 20.3. The minimum atomic E-state index is -0.0421. The van der Waals surface area contributed by atoms with Gasteiger partial charge < -0.3 is 20.1 Å². The minimum Gasteiger partial charge on any atom is -0.507 e. The summed E-state index contributed by atoms with van der Waals surface area (Å²) in [5, 5.41) is 13.7. The maximum atomic E-state index is 10.4. The minimum absolute atomic E-state index is 0.0421. The number of nitrogens with one attached hydrogen (secondary N) is 1. The van der Waals surface area contributed by atoms with E-state index < -0.39 is 0 Å². The van der Waals surface area contributed by atoms with Gasteiger partial charge in [-0.05, 0) is 27.1 Å². The third-order valence-corrected chi connectivity index (χ3v) is 3.12. The zero-order valence-corrected chi connectivity index (χ0v) is 11.4. The highest BCUT2D eigenvalue weighted by Crippen LogP contribution is 2.32. The Kier molecular flexibility index (Phi) is 4.22. The highest BCUT2D eigenvalue weighted by atomic mass is 16.5. The number of morpholine rings is 1. The molecule has 4 heteroatoms. The fourth-order valence-electron chi connectivity index (χ4n) is 2.36. The van der Waals surface area contributed by atoms with E-state index in [9.17, 15) is 5.11 Å². The van der Waals surface area contributed by atoms with Crippen LogP contribution in [0.5, 0.6) is 5.75 Å². The van der Waals surface area contributed by atoms with Crippen molar-refractivity contribution in [2.45, 2.75) is 19.6 Å². The third kappa shape index (κ3) is 3.02. The molecule has 18 heavy (non-hydrogen) atoms. The van der Waals surface area contributed by atoms with Crippen LogP contribution in [0.2, 0.25) is 0 Å². The molecule has 2 rings (SSSR count). The van der Waals surface area contributed by atoms with Gasteiger partial charge in [-0.1, -0.05) is 11.6 Å². The Bertz CT molecular complexity index is 413. The van der Waals surface area contributed by atoms with Crippen molar-refractivity contribution in [1.82, 2.24) is 10.2 Å². The number of aryl methyl sites for hydroxylation is 1. The fourth-order valence-corrected chi connectivity index (χ4v) is 2.36. The first-order chi connectivity index (χ1) is 8.58. The van der Waals surface area contributed by atoms with Crippen LogP contribution in [0.1, 0.15) is 22.8 Å². The molecule has 1 aromatic carbocycles. The maximum Gasteiger partial charge on any atom is 0.125 e. The Hall–Kier alpha value is -1.10. The summed E-state index contributed by atoms with van der Waals surface area (Å²) in [4.78, 5) is 2.05. The molecule has 1 atom stereocenters. The molecule has 0 amide bonds. The number of phenolic OH excluding ortho intramolecular Hbond substituents is 1. The van der Waals surface area contributed by atoms with Crippen LogP contribution in [-0.2, 0) is 11.3 Å². The van der Waals surface area contributed by atoms with E-state index in [-0.39, 0.29) is 6.10 Å². The first kappa shape index (κ1) is 13.3. The molecule has 2 N–H and O–H groups in total. The number of hydrogen-bond acceptors (Lipinski definition) is 4. The molecule has 0 spiro atoms. The van der Waals surface area contributed by atoms with Crippen molar-refractivity contribution < 1.29 is 9.84 Å². The van der Waals surface area contributed by atoms with Crippen molar-refractivity contribution >= 4 is 0 Å².